The summed E-state index contributed by atoms with van der Waals surface area (Å²) in [5, 5.41) is 5.51. The third-order valence-corrected chi connectivity index (χ3v) is 6.77. The van der Waals surface area contributed by atoms with E-state index in [0.29, 0.717) is 24.3 Å². The average molecular weight is 508 g/mol. The second-order valence-corrected chi connectivity index (χ2v) is 9.24. The summed E-state index contributed by atoms with van der Waals surface area (Å²) in [6.45, 7) is 5.42. The highest BCUT2D eigenvalue weighted by molar-refractivity contribution is 5.98. The molecule has 37 heavy (non-hydrogen) atoms. The van der Waals surface area contributed by atoms with Crippen molar-refractivity contribution < 1.29 is 23.9 Å². The molecule has 2 saturated heterocycles. The van der Waals surface area contributed by atoms with Gasteiger partial charge in [0.2, 0.25) is 17.7 Å². The molecule has 2 aromatic rings. The van der Waals surface area contributed by atoms with Crippen molar-refractivity contribution in [3.05, 3.63) is 54.1 Å². The number of nitrogens with one attached hydrogen (secondary N) is 2. The summed E-state index contributed by atoms with van der Waals surface area (Å²) < 4.78 is 5.22. The van der Waals surface area contributed by atoms with E-state index in [1.807, 2.05) is 24.3 Å². The van der Waals surface area contributed by atoms with Crippen LogP contribution in [-0.2, 0) is 14.4 Å². The molecule has 0 radical (unpaired) electrons. The van der Waals surface area contributed by atoms with E-state index in [1.54, 1.807) is 31.4 Å². The van der Waals surface area contributed by atoms with Gasteiger partial charge in [-0.2, -0.15) is 0 Å². The monoisotopic (exact) mass is 507 g/mol. The van der Waals surface area contributed by atoms with Gasteiger partial charge in [0, 0.05) is 56.2 Å². The fourth-order valence-electron chi connectivity index (χ4n) is 4.63. The molecule has 0 aliphatic carbocycles. The van der Waals surface area contributed by atoms with Gasteiger partial charge in [0.1, 0.15) is 11.8 Å². The summed E-state index contributed by atoms with van der Waals surface area (Å²) >= 11 is 0. The Hall–Kier alpha value is -3.92. The minimum Gasteiger partial charge on any atom is -0.497 e. The van der Waals surface area contributed by atoms with Gasteiger partial charge in [-0.3, -0.25) is 24.1 Å². The fourth-order valence-corrected chi connectivity index (χ4v) is 4.63. The number of ether oxygens (including phenoxy) is 1. The number of piperazine rings is 2. The lowest BCUT2D eigenvalue weighted by atomic mass is 10.1. The smallest absolute Gasteiger partial charge is 0.243 e. The second kappa shape index (κ2) is 11.9. The van der Waals surface area contributed by atoms with E-state index in [0.717, 1.165) is 37.6 Å². The molecule has 0 bridgehead atoms. The predicted molar refractivity (Wildman–Crippen MR) is 140 cm³/mol. The van der Waals surface area contributed by atoms with Crippen LogP contribution in [0.15, 0.2) is 48.5 Å². The molecule has 2 N–H and O–H groups in total. The molecule has 0 saturated carbocycles. The maximum Gasteiger partial charge on any atom is 0.243 e. The molecule has 2 aliphatic rings. The van der Waals surface area contributed by atoms with Crippen molar-refractivity contribution in [1.82, 2.24) is 15.1 Å². The van der Waals surface area contributed by atoms with Gasteiger partial charge in [0.05, 0.1) is 20.1 Å². The van der Waals surface area contributed by atoms with Gasteiger partial charge in [-0.15, -0.1) is 0 Å². The normalized spacial score (nSPS) is 18.2. The zero-order chi connectivity index (χ0) is 26.4. The molecular formula is C27H33N5O5. The Bertz CT molecular complexity index is 1130. The van der Waals surface area contributed by atoms with Gasteiger partial charge in [-0.25, -0.2) is 0 Å². The molecule has 2 fully saturated rings. The summed E-state index contributed by atoms with van der Waals surface area (Å²) in [5.74, 6) is -0.105. The Labute approximate surface area is 216 Å². The van der Waals surface area contributed by atoms with Crippen LogP contribution < -0.4 is 20.3 Å². The number of ketones is 1. The van der Waals surface area contributed by atoms with Gasteiger partial charge in [-0.05, 0) is 55.5 Å². The number of carbonyl (C=O) groups is 4. The van der Waals surface area contributed by atoms with E-state index in [9.17, 15) is 19.2 Å². The molecular weight excluding hydrogens is 474 g/mol. The first-order valence-corrected chi connectivity index (χ1v) is 12.4. The highest BCUT2D eigenvalue weighted by Gasteiger charge is 2.35. The predicted octanol–water partition coefficient (Wildman–Crippen LogP) is 1.38. The minimum atomic E-state index is -0.863. The Morgan fingerprint density at radius 3 is 2.27 bits per heavy atom. The maximum atomic E-state index is 13.2. The van der Waals surface area contributed by atoms with E-state index >= 15 is 0 Å². The maximum absolute atomic E-state index is 13.2. The van der Waals surface area contributed by atoms with Crippen molar-refractivity contribution in [2.24, 2.45) is 0 Å². The highest BCUT2D eigenvalue weighted by Crippen LogP contribution is 2.21. The molecule has 4 rings (SSSR count). The van der Waals surface area contributed by atoms with E-state index in [1.165, 1.54) is 11.8 Å². The number of hydrogen-bond acceptors (Lipinski definition) is 7. The first-order chi connectivity index (χ1) is 17.8. The standard InChI is InChI=1S/C27H33N5O5/c1-19(33)20-3-5-21(6-4-20)29-25(34)17-24-27(36)28-11-12-32(24)26(35)18-30-13-15-31(16-14-30)22-7-9-23(37-2)10-8-22/h3-10,24H,11-18H2,1-2H3,(H,28,36)(H,29,34)/t24-/m0/s1. The van der Waals surface area contributed by atoms with E-state index < -0.39 is 6.04 Å². The Morgan fingerprint density at radius 2 is 1.65 bits per heavy atom. The molecule has 2 aromatic carbocycles. The number of nitrogens with zero attached hydrogens (tertiary/aromatic N) is 3. The Morgan fingerprint density at radius 1 is 0.973 bits per heavy atom. The molecule has 10 heteroatoms. The molecule has 196 valence electrons. The molecule has 2 heterocycles. The number of rotatable bonds is 8. The van der Waals surface area contributed by atoms with E-state index in [4.69, 9.17) is 4.74 Å². The zero-order valence-corrected chi connectivity index (χ0v) is 21.2. The zero-order valence-electron chi connectivity index (χ0n) is 21.2. The van der Waals surface area contributed by atoms with Crippen LogP contribution in [0.5, 0.6) is 5.75 Å². The summed E-state index contributed by atoms with van der Waals surface area (Å²) in [6, 6.07) is 13.6. The summed E-state index contributed by atoms with van der Waals surface area (Å²) in [7, 11) is 1.64. The minimum absolute atomic E-state index is 0.0620. The number of benzene rings is 2. The number of Topliss-reactive ketones (excluding diaryl/α,β-unsaturated/α-hetero) is 1. The number of anilines is 2. The van der Waals surface area contributed by atoms with Crippen LogP contribution in [-0.4, -0.2) is 92.3 Å². The third kappa shape index (κ3) is 6.65. The topological polar surface area (TPSA) is 111 Å². The molecule has 2 aliphatic heterocycles. The molecule has 0 spiro atoms. The SMILES string of the molecule is COc1ccc(N2CCN(CC(=O)N3CCNC(=O)[C@@H]3CC(=O)Nc3ccc(C(C)=O)cc3)CC2)cc1. The lowest BCUT2D eigenvalue weighted by Gasteiger charge is -2.39. The molecule has 0 aromatic heterocycles. The van der Waals surface area contributed by atoms with Gasteiger partial charge < -0.3 is 25.2 Å². The van der Waals surface area contributed by atoms with Crippen LogP contribution in [0, 0.1) is 0 Å². The van der Waals surface area contributed by atoms with Crippen LogP contribution in [0.3, 0.4) is 0 Å². The molecule has 10 nitrogen and oxygen atoms in total. The van der Waals surface area contributed by atoms with Crippen LogP contribution in [0.1, 0.15) is 23.7 Å². The summed E-state index contributed by atoms with van der Waals surface area (Å²) in [6.07, 6.45) is -0.142. The summed E-state index contributed by atoms with van der Waals surface area (Å²) in [5.41, 5.74) is 2.19. The fraction of sp³-hybridized carbons (Fsp3) is 0.407. The van der Waals surface area contributed by atoms with Crippen molar-refractivity contribution in [3.63, 3.8) is 0 Å². The van der Waals surface area contributed by atoms with E-state index in [2.05, 4.69) is 20.4 Å². The van der Waals surface area contributed by atoms with Crippen LogP contribution in [0.4, 0.5) is 11.4 Å². The van der Waals surface area contributed by atoms with Crippen LogP contribution in [0.25, 0.3) is 0 Å². The van der Waals surface area contributed by atoms with Gasteiger partial charge in [-0.1, -0.05) is 0 Å². The highest BCUT2D eigenvalue weighted by atomic mass is 16.5. The largest absolute Gasteiger partial charge is 0.497 e. The van der Waals surface area contributed by atoms with Gasteiger partial charge in [0.25, 0.3) is 0 Å². The lowest BCUT2D eigenvalue weighted by molar-refractivity contribution is -0.145. The van der Waals surface area contributed by atoms with Crippen molar-refractivity contribution >= 4 is 34.9 Å². The molecule has 0 unspecified atom stereocenters. The van der Waals surface area contributed by atoms with Gasteiger partial charge >= 0.3 is 0 Å². The number of methoxy groups -OCH3 is 1. The lowest BCUT2D eigenvalue weighted by Crippen LogP contribution is -2.60. The molecule has 3 amide bonds. The average Bonchev–Trinajstić information content (AvgIpc) is 2.90. The second-order valence-electron chi connectivity index (χ2n) is 9.24. The van der Waals surface area contributed by atoms with Crippen LogP contribution >= 0.6 is 0 Å². The first-order valence-electron chi connectivity index (χ1n) is 12.4. The van der Waals surface area contributed by atoms with Crippen LogP contribution in [0.2, 0.25) is 0 Å². The van der Waals surface area contributed by atoms with Crippen molar-refractivity contribution in [2.75, 3.05) is 63.1 Å². The summed E-state index contributed by atoms with van der Waals surface area (Å²) in [4.78, 5) is 55.8. The van der Waals surface area contributed by atoms with Crippen molar-refractivity contribution in [1.29, 1.82) is 0 Å². The van der Waals surface area contributed by atoms with Crippen molar-refractivity contribution in [3.8, 4) is 5.75 Å². The first kappa shape index (κ1) is 26.2. The van der Waals surface area contributed by atoms with E-state index in [-0.39, 0.29) is 36.5 Å². The Kier molecular flexibility index (Phi) is 8.39. The number of hydrogen-bond donors (Lipinski definition) is 2. The number of carbonyl (C=O) groups excluding carboxylic acids is 4. The van der Waals surface area contributed by atoms with Crippen molar-refractivity contribution in [2.45, 2.75) is 19.4 Å². The number of amides is 3. The third-order valence-electron chi connectivity index (χ3n) is 6.77. The quantitative estimate of drug-likeness (QED) is 0.519. The van der Waals surface area contributed by atoms with Gasteiger partial charge in [0.15, 0.2) is 5.78 Å². The Balaban J connectivity index is 1.31. The molecule has 1 atom stereocenters.